The van der Waals surface area contributed by atoms with Crippen LogP contribution in [0.1, 0.15) is 18.5 Å². The molecule has 2 rings (SSSR count). The first-order chi connectivity index (χ1) is 8.99. The largest absolute Gasteiger partial charge is 0.376 e. The molecule has 0 fully saturated rings. The number of anilines is 1. The number of benzene rings is 2. The van der Waals surface area contributed by atoms with Crippen LogP contribution in [0.3, 0.4) is 0 Å². The van der Waals surface area contributed by atoms with Gasteiger partial charge in [-0.25, -0.2) is 8.78 Å². The van der Waals surface area contributed by atoms with Crippen molar-refractivity contribution in [2.45, 2.75) is 13.0 Å². The van der Waals surface area contributed by atoms with Crippen LogP contribution in [0.15, 0.2) is 36.4 Å². The van der Waals surface area contributed by atoms with Crippen LogP contribution >= 0.6 is 23.2 Å². The van der Waals surface area contributed by atoms with E-state index in [1.54, 1.807) is 18.2 Å². The maximum Gasteiger partial charge on any atom is 0.164 e. The summed E-state index contributed by atoms with van der Waals surface area (Å²) >= 11 is 11.4. The molecule has 0 heterocycles. The predicted octanol–water partition coefficient (Wildman–Crippen LogP) is 5.44. The lowest BCUT2D eigenvalue weighted by Gasteiger charge is -2.17. The summed E-state index contributed by atoms with van der Waals surface area (Å²) in [4.78, 5) is 0. The Morgan fingerprint density at radius 2 is 1.79 bits per heavy atom. The Morgan fingerprint density at radius 3 is 2.47 bits per heavy atom. The van der Waals surface area contributed by atoms with Gasteiger partial charge in [0.05, 0.1) is 15.7 Å². The van der Waals surface area contributed by atoms with Crippen molar-refractivity contribution in [2.75, 3.05) is 5.32 Å². The minimum Gasteiger partial charge on any atom is -0.376 e. The minimum atomic E-state index is -0.510. The van der Waals surface area contributed by atoms with Gasteiger partial charge in [-0.15, -0.1) is 0 Å². The van der Waals surface area contributed by atoms with Crippen molar-refractivity contribution >= 4 is 28.9 Å². The highest BCUT2D eigenvalue weighted by molar-refractivity contribution is 6.31. The zero-order chi connectivity index (χ0) is 14.0. The van der Waals surface area contributed by atoms with Crippen molar-refractivity contribution in [3.8, 4) is 0 Å². The summed E-state index contributed by atoms with van der Waals surface area (Å²) in [5.74, 6) is -0.990. The van der Waals surface area contributed by atoms with Gasteiger partial charge in [-0.2, -0.15) is 0 Å². The zero-order valence-corrected chi connectivity index (χ0v) is 11.6. The van der Waals surface area contributed by atoms with Crippen molar-refractivity contribution in [3.05, 3.63) is 63.6 Å². The highest BCUT2D eigenvalue weighted by atomic mass is 35.5. The molecule has 0 amide bonds. The van der Waals surface area contributed by atoms with Crippen molar-refractivity contribution in [2.24, 2.45) is 0 Å². The third-order valence-electron chi connectivity index (χ3n) is 2.77. The van der Waals surface area contributed by atoms with Crippen LogP contribution in [-0.4, -0.2) is 0 Å². The quantitative estimate of drug-likeness (QED) is 0.795. The van der Waals surface area contributed by atoms with Gasteiger partial charge >= 0.3 is 0 Å². The van der Waals surface area contributed by atoms with E-state index >= 15 is 0 Å². The number of nitrogens with one attached hydrogen (secondary N) is 1. The summed E-state index contributed by atoms with van der Waals surface area (Å²) in [5, 5.41) is 3.06. The van der Waals surface area contributed by atoms with E-state index in [1.807, 2.05) is 6.92 Å². The summed E-state index contributed by atoms with van der Waals surface area (Å²) in [6.07, 6.45) is 0. The van der Waals surface area contributed by atoms with E-state index in [2.05, 4.69) is 5.32 Å². The fraction of sp³-hybridized carbons (Fsp3) is 0.143. The molecular weight excluding hydrogens is 291 g/mol. The number of hydrogen-bond acceptors (Lipinski definition) is 1. The Bertz CT molecular complexity index is 602. The predicted molar refractivity (Wildman–Crippen MR) is 74.9 cm³/mol. The molecule has 0 aromatic heterocycles. The van der Waals surface area contributed by atoms with E-state index < -0.39 is 11.6 Å². The zero-order valence-electron chi connectivity index (χ0n) is 10.1. The Balaban J connectivity index is 2.23. The van der Waals surface area contributed by atoms with E-state index in [9.17, 15) is 8.78 Å². The van der Waals surface area contributed by atoms with Crippen LogP contribution in [0.5, 0.6) is 0 Å². The SMILES string of the molecule is CC(Nc1cccc(Cl)c1F)c1ccc(F)c(Cl)c1. The molecule has 0 spiro atoms. The van der Waals surface area contributed by atoms with E-state index in [0.29, 0.717) is 5.69 Å². The molecule has 0 radical (unpaired) electrons. The summed E-state index contributed by atoms with van der Waals surface area (Å²) in [6.45, 7) is 1.82. The van der Waals surface area contributed by atoms with Gasteiger partial charge in [-0.05, 0) is 36.8 Å². The van der Waals surface area contributed by atoms with Gasteiger partial charge in [0, 0.05) is 6.04 Å². The van der Waals surface area contributed by atoms with Crippen molar-refractivity contribution < 1.29 is 8.78 Å². The van der Waals surface area contributed by atoms with Crippen molar-refractivity contribution in [1.82, 2.24) is 0 Å². The molecule has 0 saturated carbocycles. The number of rotatable bonds is 3. The molecule has 0 bridgehead atoms. The summed E-state index contributed by atoms with van der Waals surface area (Å²) in [5.41, 5.74) is 1.05. The van der Waals surface area contributed by atoms with E-state index in [4.69, 9.17) is 23.2 Å². The molecule has 1 unspecified atom stereocenters. The van der Waals surface area contributed by atoms with Gasteiger partial charge in [0.25, 0.3) is 0 Å². The lowest BCUT2D eigenvalue weighted by molar-refractivity contribution is 0.624. The second-order valence-electron chi connectivity index (χ2n) is 4.14. The third kappa shape index (κ3) is 3.17. The van der Waals surface area contributed by atoms with Crippen LogP contribution in [0.25, 0.3) is 0 Å². The lowest BCUT2D eigenvalue weighted by atomic mass is 10.1. The Kier molecular flexibility index (Phi) is 4.27. The second kappa shape index (κ2) is 5.76. The molecule has 0 aliphatic heterocycles. The molecule has 0 aliphatic carbocycles. The first-order valence-electron chi connectivity index (χ1n) is 5.64. The Morgan fingerprint density at radius 1 is 1.05 bits per heavy atom. The van der Waals surface area contributed by atoms with Crippen LogP contribution in [0.2, 0.25) is 10.0 Å². The normalized spacial score (nSPS) is 12.3. The average Bonchev–Trinajstić information content (AvgIpc) is 2.38. The van der Waals surface area contributed by atoms with Crippen LogP contribution in [0, 0.1) is 11.6 Å². The van der Waals surface area contributed by atoms with E-state index in [-0.39, 0.29) is 16.1 Å². The van der Waals surface area contributed by atoms with E-state index in [1.165, 1.54) is 18.2 Å². The maximum absolute atomic E-state index is 13.7. The van der Waals surface area contributed by atoms with Gasteiger partial charge < -0.3 is 5.32 Å². The molecule has 0 aliphatic rings. The molecule has 0 saturated heterocycles. The molecule has 19 heavy (non-hydrogen) atoms. The monoisotopic (exact) mass is 301 g/mol. The molecule has 1 nitrogen and oxygen atoms in total. The lowest BCUT2D eigenvalue weighted by Crippen LogP contribution is -2.08. The number of halogens is 4. The van der Waals surface area contributed by atoms with Gasteiger partial charge in [0.15, 0.2) is 5.82 Å². The minimum absolute atomic E-state index is 0.0396. The second-order valence-corrected chi connectivity index (χ2v) is 4.96. The molecule has 1 atom stereocenters. The standard InChI is InChI=1S/C14H11Cl2F2N/c1-8(9-5-6-12(17)11(16)7-9)19-13-4-2-3-10(15)14(13)18/h2-8,19H,1H3. The molecule has 2 aromatic rings. The fourth-order valence-electron chi connectivity index (χ4n) is 1.71. The third-order valence-corrected chi connectivity index (χ3v) is 3.35. The van der Waals surface area contributed by atoms with Crippen LogP contribution in [-0.2, 0) is 0 Å². The van der Waals surface area contributed by atoms with Crippen molar-refractivity contribution in [1.29, 1.82) is 0 Å². The molecule has 5 heteroatoms. The summed E-state index contributed by atoms with van der Waals surface area (Å²) < 4.78 is 26.8. The number of hydrogen-bond donors (Lipinski definition) is 1. The van der Waals surface area contributed by atoms with Crippen LogP contribution < -0.4 is 5.32 Å². The maximum atomic E-state index is 13.7. The summed E-state index contributed by atoms with van der Waals surface area (Å²) in [7, 11) is 0. The van der Waals surface area contributed by atoms with Gasteiger partial charge in [0.1, 0.15) is 5.82 Å². The average molecular weight is 302 g/mol. The van der Waals surface area contributed by atoms with Crippen molar-refractivity contribution in [3.63, 3.8) is 0 Å². The van der Waals surface area contributed by atoms with Crippen LogP contribution in [0.4, 0.5) is 14.5 Å². The topological polar surface area (TPSA) is 12.0 Å². The van der Waals surface area contributed by atoms with Gasteiger partial charge in [-0.1, -0.05) is 35.3 Å². The molecule has 100 valence electrons. The van der Waals surface area contributed by atoms with Gasteiger partial charge in [-0.3, -0.25) is 0 Å². The molecule has 2 aromatic carbocycles. The highest BCUT2D eigenvalue weighted by Gasteiger charge is 2.12. The summed E-state index contributed by atoms with van der Waals surface area (Å²) in [6, 6.07) is 8.87. The Labute approximate surface area is 120 Å². The molecular formula is C14H11Cl2F2N. The molecule has 1 N–H and O–H groups in total. The van der Waals surface area contributed by atoms with Gasteiger partial charge in [0.2, 0.25) is 0 Å². The highest BCUT2D eigenvalue weighted by Crippen LogP contribution is 2.27. The first-order valence-corrected chi connectivity index (χ1v) is 6.40. The fourth-order valence-corrected chi connectivity index (χ4v) is 2.08. The Hall–Kier alpha value is -1.32. The first kappa shape index (κ1) is 14.1. The van der Waals surface area contributed by atoms with E-state index in [0.717, 1.165) is 5.56 Å². The smallest absolute Gasteiger partial charge is 0.164 e.